The van der Waals surface area contributed by atoms with Crippen LogP contribution in [0.2, 0.25) is 0 Å². The molecular weight excluding hydrogens is 1380 g/mol. The first-order valence-corrected chi connectivity index (χ1v) is 36.6. The Kier molecular flexibility index (Phi) is 21.5. The minimum absolute atomic E-state index is 0.0397. The quantitative estimate of drug-likeness (QED) is 0.0473. The number of likely N-dealkylation sites (tertiary alicyclic amines) is 1. The molecule has 1 unspecified atom stereocenters. The summed E-state index contributed by atoms with van der Waals surface area (Å²) in [6, 6.07) is 23.9. The Labute approximate surface area is 610 Å². The molecule has 106 heavy (non-hydrogen) atoms. The normalized spacial score (nSPS) is 16.1. The van der Waals surface area contributed by atoms with E-state index in [2.05, 4.69) is 73.6 Å². The lowest BCUT2D eigenvalue weighted by Gasteiger charge is -2.38. The lowest BCUT2D eigenvalue weighted by Crippen LogP contribution is -2.49. The van der Waals surface area contributed by atoms with Crippen LogP contribution in [0.5, 0.6) is 0 Å². The molecule has 0 radical (unpaired) electrons. The van der Waals surface area contributed by atoms with Crippen molar-refractivity contribution in [1.29, 1.82) is 0 Å². The fourth-order valence-corrected chi connectivity index (χ4v) is 15.1. The Morgan fingerprint density at radius 3 is 1.23 bits per heavy atom. The largest absolute Gasteiger partial charge is 0.416 e. The molecule has 3 aliphatic rings. The number of rotatable bonds is 20. The van der Waals surface area contributed by atoms with Gasteiger partial charge >= 0.3 is 6.18 Å². The van der Waals surface area contributed by atoms with Gasteiger partial charge in [-0.15, -0.1) is 0 Å². The van der Waals surface area contributed by atoms with Crippen molar-refractivity contribution in [2.24, 2.45) is 48.2 Å². The number of hydrogen-bond acceptors (Lipinski definition) is 20. The molecule has 1 amide bonds. The molecule has 31 heteroatoms. The molecule has 550 valence electrons. The van der Waals surface area contributed by atoms with E-state index in [0.717, 1.165) is 111 Å². The van der Waals surface area contributed by atoms with E-state index in [4.69, 9.17) is 15.0 Å². The smallest absolute Gasteiger partial charge is 0.388 e. The molecule has 0 bridgehead atoms. The number of anilines is 3. The summed E-state index contributed by atoms with van der Waals surface area (Å²) in [6.45, 7) is 2.22. The van der Waals surface area contributed by atoms with Crippen LogP contribution in [0, 0.1) is 5.92 Å². The zero-order valence-corrected chi connectivity index (χ0v) is 60.6. The summed E-state index contributed by atoms with van der Waals surface area (Å²) in [4.78, 5) is 41.6. The summed E-state index contributed by atoms with van der Waals surface area (Å²) in [5.41, 5.74) is 12.2. The Hall–Kier alpha value is -11.3. The van der Waals surface area contributed by atoms with Crippen LogP contribution in [-0.4, -0.2) is 179 Å². The number of nitrogens with zero attached hydrogens (tertiary/aromatic N) is 19. The molecule has 10 heterocycles. The van der Waals surface area contributed by atoms with Gasteiger partial charge in [0.25, 0.3) is 0 Å². The number of amides is 1. The van der Waals surface area contributed by atoms with Gasteiger partial charge in [-0.2, -0.15) is 43.8 Å². The van der Waals surface area contributed by atoms with Crippen molar-refractivity contribution in [3.8, 4) is 101 Å². The van der Waals surface area contributed by atoms with Gasteiger partial charge in [0.2, 0.25) is 5.91 Å². The molecule has 2 aliphatic carbocycles. The van der Waals surface area contributed by atoms with Crippen molar-refractivity contribution < 1.29 is 36.6 Å². The third kappa shape index (κ3) is 17.9. The van der Waals surface area contributed by atoms with Gasteiger partial charge in [-0.05, 0) is 92.2 Å². The number of aliphatic hydroxyl groups excluding tert-OH is 1. The molecule has 1 aliphatic heterocycles. The summed E-state index contributed by atoms with van der Waals surface area (Å²) >= 11 is 0. The first-order valence-electron chi connectivity index (χ1n) is 34.9. The molecule has 0 spiro atoms. The maximum absolute atomic E-state index is 12.8. The number of sulfone groups is 1. The molecule has 27 nitrogen and oxygen atoms in total. The van der Waals surface area contributed by atoms with Gasteiger partial charge in [-0.3, -0.25) is 32.9 Å². The summed E-state index contributed by atoms with van der Waals surface area (Å²) in [5, 5.41) is 55.6. The number of benzene rings is 3. The number of carbonyl (C=O) groups excluding carboxylic acids is 1. The lowest BCUT2D eigenvalue weighted by molar-refractivity contribution is -0.198. The summed E-state index contributed by atoms with van der Waals surface area (Å²) < 4.78 is 73.6. The summed E-state index contributed by atoms with van der Waals surface area (Å²) in [7, 11) is 8.19. The average Bonchev–Trinajstić information content (AvgIpc) is 1.24. The molecule has 3 aromatic carbocycles. The van der Waals surface area contributed by atoms with Crippen LogP contribution in [0.4, 0.5) is 30.6 Å². The molecule has 15 rings (SSSR count). The summed E-state index contributed by atoms with van der Waals surface area (Å²) in [6.07, 6.45) is 26.3. The van der Waals surface area contributed by atoms with E-state index in [1.54, 1.807) is 77.9 Å². The number of hydrogen-bond donors (Lipinski definition) is 5. The minimum atomic E-state index is -4.74. The fraction of sp³-hybridized carbons (Fsp3) is 0.347. The number of alkyl halides is 3. The van der Waals surface area contributed by atoms with Crippen molar-refractivity contribution in [2.45, 2.75) is 87.5 Å². The van der Waals surface area contributed by atoms with Crippen molar-refractivity contribution in [2.75, 3.05) is 47.9 Å². The van der Waals surface area contributed by atoms with E-state index < -0.39 is 34.3 Å². The van der Waals surface area contributed by atoms with E-state index in [1.165, 1.54) is 6.20 Å². The number of halogens is 3. The highest BCUT2D eigenvalue weighted by Gasteiger charge is 2.40. The number of aliphatic hydroxyl groups is 2. The molecule has 2 saturated carbocycles. The van der Waals surface area contributed by atoms with Gasteiger partial charge in [0, 0.05) is 197 Å². The van der Waals surface area contributed by atoms with Crippen LogP contribution in [-0.2, 0) is 56.9 Å². The van der Waals surface area contributed by atoms with Crippen LogP contribution in [0.15, 0.2) is 166 Å². The average molecular weight is 1460 g/mol. The van der Waals surface area contributed by atoms with Gasteiger partial charge in [0.05, 0.1) is 60.3 Å². The second-order valence-corrected chi connectivity index (χ2v) is 29.8. The van der Waals surface area contributed by atoms with Crippen molar-refractivity contribution >= 4 is 33.2 Å². The van der Waals surface area contributed by atoms with E-state index in [1.807, 2.05) is 152 Å². The van der Waals surface area contributed by atoms with Crippen LogP contribution in [0.1, 0.15) is 58.3 Å². The van der Waals surface area contributed by atoms with Crippen molar-refractivity contribution in [3.05, 3.63) is 166 Å². The number of nitrogens with one attached hydrogen (secondary N) is 3. The number of aryl methyl sites for hydroxylation is 6. The number of aromatic nitrogens is 18. The zero-order chi connectivity index (χ0) is 74.4. The van der Waals surface area contributed by atoms with E-state index >= 15 is 0 Å². The highest BCUT2D eigenvalue weighted by atomic mass is 32.2. The van der Waals surface area contributed by atoms with Crippen LogP contribution < -0.4 is 16.0 Å². The molecule has 3 fully saturated rings. The highest BCUT2D eigenvalue weighted by Crippen LogP contribution is 2.38. The van der Waals surface area contributed by atoms with Crippen molar-refractivity contribution in [3.63, 3.8) is 0 Å². The van der Waals surface area contributed by atoms with Gasteiger partial charge in [-0.1, -0.05) is 54.6 Å². The van der Waals surface area contributed by atoms with Crippen molar-refractivity contribution in [1.82, 2.24) is 93.5 Å². The predicted octanol–water partition coefficient (Wildman–Crippen LogP) is 10.5. The van der Waals surface area contributed by atoms with E-state index in [9.17, 15) is 36.6 Å². The monoisotopic (exact) mass is 1460 g/mol. The molecular formula is C75H83F3N22O5S. The Morgan fingerprint density at radius 2 is 0.868 bits per heavy atom. The maximum Gasteiger partial charge on any atom is 0.416 e. The number of carbonyl (C=O) groups is 1. The van der Waals surface area contributed by atoms with E-state index in [0.29, 0.717) is 78.2 Å². The van der Waals surface area contributed by atoms with E-state index in [-0.39, 0.29) is 28.9 Å². The molecule has 9 aromatic heterocycles. The standard InChI is InChI=1S/C28H33N7O2S.C26H30N8O2.C21H20F3N7O/c1-34-16-22(13-30-34)20-4-3-5-21(12-20)27-29-15-26(23-14-31-35(2)17-23)28(33-27)32-24-8-6-19(7-9-24)18-38(36,37)25-10-11-25;1-18(35)34-9-7-26(36,8-10-34)17-28-25-23(22-13-30-33(3)16-22)14-27-24(31-25)20-6-4-5-19(11-20)21-12-29-32(2)15-21;1-30-11-15(7-27-30)13-4-3-5-14(6-13)19-25-9-17(16-8-28-31(2)12-16)20(29-19)26-10-18(32)21(22,23)24/h3-5,12-17,19,24-25H,6-11,18H2,1-2H3,(H,29,32,33);4-6,11-16,36H,7-10,17H2,1-3H3,(H,27,28,31);3-9,11-12,18,32H,10H2,1-2H3,(H,25,26,29). The Morgan fingerprint density at radius 1 is 0.509 bits per heavy atom. The van der Waals surface area contributed by atoms with Gasteiger partial charge < -0.3 is 31.1 Å². The molecule has 5 N–H and O–H groups in total. The second-order valence-electron chi connectivity index (χ2n) is 27.4. The van der Waals surface area contributed by atoms with Crippen LogP contribution in [0.3, 0.4) is 0 Å². The Balaban J connectivity index is 0.000000141. The Bertz CT molecular complexity index is 5180. The highest BCUT2D eigenvalue weighted by molar-refractivity contribution is 7.92. The molecule has 1 atom stereocenters. The number of piperidine rings is 1. The summed E-state index contributed by atoms with van der Waals surface area (Å²) in [5.74, 6) is 3.77. The predicted molar refractivity (Wildman–Crippen MR) is 397 cm³/mol. The zero-order valence-electron chi connectivity index (χ0n) is 59.7. The van der Waals surface area contributed by atoms with Gasteiger partial charge in [0.1, 0.15) is 17.5 Å². The van der Waals surface area contributed by atoms with Gasteiger partial charge in [0.15, 0.2) is 33.4 Å². The first kappa shape index (κ1) is 73.0. The van der Waals surface area contributed by atoms with Gasteiger partial charge in [-0.25, -0.2) is 38.3 Å². The van der Waals surface area contributed by atoms with Crippen LogP contribution in [0.25, 0.3) is 101 Å². The SMILES string of the molecule is CC(=O)N1CCC(O)(CNc2nc(-c3cccc(-c4cnn(C)c4)c3)ncc2-c2cnn(C)c2)CC1.Cn1cc(-c2cccc(-c3ncc(-c4cnn(C)c4)c(NC4CCC(CS(=O)(=O)C5CC5)CC4)n3)c2)cn1.Cn1cc(-c2cccc(-c3ncc(-c4cnn(C)c4)c(NCC(O)C(F)(F)F)n3)c2)cn1. The first-order chi connectivity index (χ1) is 50.8. The fourth-order valence-electron chi connectivity index (χ4n) is 13.0. The third-order valence-electron chi connectivity index (χ3n) is 19.1. The molecule has 12 aromatic rings. The lowest BCUT2D eigenvalue weighted by atomic mass is 9.87. The third-order valence-corrected chi connectivity index (χ3v) is 21.6. The van der Waals surface area contributed by atoms with Crippen LogP contribution >= 0.6 is 0 Å². The maximum atomic E-state index is 12.8. The molecule has 1 saturated heterocycles. The topological polar surface area (TPSA) is 315 Å². The second kappa shape index (κ2) is 31.2. The minimum Gasteiger partial charge on any atom is -0.388 e.